The lowest BCUT2D eigenvalue weighted by Crippen LogP contribution is -2.49. The molecule has 0 unspecified atom stereocenters. The molecule has 2 aliphatic heterocycles. The molecule has 28 heavy (non-hydrogen) atoms. The molecule has 1 amide bonds. The molecule has 4 rings (SSSR count). The van der Waals surface area contributed by atoms with Crippen LogP contribution in [-0.4, -0.2) is 68.3 Å². The van der Waals surface area contributed by atoms with E-state index in [4.69, 9.17) is 27.9 Å². The van der Waals surface area contributed by atoms with Crippen LogP contribution in [0.25, 0.3) is 0 Å². The summed E-state index contributed by atoms with van der Waals surface area (Å²) < 4.78 is 5.39. The number of piperazine rings is 1. The third-order valence-electron chi connectivity index (χ3n) is 5.15. The van der Waals surface area contributed by atoms with E-state index in [0.717, 1.165) is 32.0 Å². The zero-order valence-corrected chi connectivity index (χ0v) is 17.0. The van der Waals surface area contributed by atoms with Gasteiger partial charge in [0.15, 0.2) is 0 Å². The van der Waals surface area contributed by atoms with Crippen molar-refractivity contribution in [2.24, 2.45) is 0 Å². The molecule has 1 aromatic carbocycles. The third-order valence-corrected chi connectivity index (χ3v) is 5.63. The first-order valence-corrected chi connectivity index (χ1v) is 10.2. The molecule has 0 atom stereocenters. The van der Waals surface area contributed by atoms with Gasteiger partial charge < -0.3 is 19.4 Å². The van der Waals surface area contributed by atoms with Crippen molar-refractivity contribution in [2.75, 3.05) is 62.3 Å². The normalized spacial score (nSPS) is 17.7. The van der Waals surface area contributed by atoms with E-state index in [0.29, 0.717) is 47.6 Å². The van der Waals surface area contributed by atoms with Crippen LogP contribution in [0, 0.1) is 0 Å². The minimum Gasteiger partial charge on any atom is -0.378 e. The van der Waals surface area contributed by atoms with Crippen molar-refractivity contribution in [3.8, 4) is 0 Å². The Hall–Kier alpha value is -2.02. The smallest absolute Gasteiger partial charge is 0.253 e. The summed E-state index contributed by atoms with van der Waals surface area (Å²) in [5.74, 6) is 0.774. The number of pyridine rings is 1. The van der Waals surface area contributed by atoms with E-state index in [9.17, 15) is 4.79 Å². The second-order valence-electron chi connectivity index (χ2n) is 6.88. The highest BCUT2D eigenvalue weighted by Crippen LogP contribution is 2.27. The van der Waals surface area contributed by atoms with Gasteiger partial charge in [-0.25, -0.2) is 4.98 Å². The molecule has 2 saturated heterocycles. The van der Waals surface area contributed by atoms with E-state index in [-0.39, 0.29) is 5.91 Å². The number of carbonyl (C=O) groups excluding carboxylic acids is 1. The summed E-state index contributed by atoms with van der Waals surface area (Å²) in [4.78, 5) is 23.4. The standard InChI is InChI=1S/C20H22Cl2N4O2/c21-16-13-18(22)19(23-14-16)25-5-7-26(8-6-25)20(27)15-1-3-17(4-2-15)24-9-11-28-12-10-24/h1-4,13-14H,5-12H2. The van der Waals surface area contributed by atoms with Crippen LogP contribution >= 0.6 is 23.2 Å². The van der Waals surface area contributed by atoms with Crippen molar-refractivity contribution in [1.82, 2.24) is 9.88 Å². The molecule has 8 heteroatoms. The van der Waals surface area contributed by atoms with Crippen molar-refractivity contribution in [1.29, 1.82) is 0 Å². The molecule has 6 nitrogen and oxygen atoms in total. The molecule has 0 saturated carbocycles. The van der Waals surface area contributed by atoms with Gasteiger partial charge >= 0.3 is 0 Å². The molecular formula is C20H22Cl2N4O2. The van der Waals surface area contributed by atoms with Crippen LogP contribution in [0.15, 0.2) is 36.5 Å². The molecule has 2 fully saturated rings. The number of aromatic nitrogens is 1. The molecule has 2 aliphatic rings. The molecule has 1 aromatic heterocycles. The Kier molecular flexibility index (Phi) is 5.90. The number of benzene rings is 1. The number of hydrogen-bond donors (Lipinski definition) is 0. The molecule has 0 bridgehead atoms. The lowest BCUT2D eigenvalue weighted by Gasteiger charge is -2.36. The lowest BCUT2D eigenvalue weighted by atomic mass is 10.1. The van der Waals surface area contributed by atoms with Crippen molar-refractivity contribution in [3.05, 3.63) is 52.1 Å². The Bertz CT molecular complexity index is 833. The van der Waals surface area contributed by atoms with Gasteiger partial charge in [-0.2, -0.15) is 0 Å². The average Bonchev–Trinajstić information content (AvgIpc) is 2.74. The maximum absolute atomic E-state index is 12.9. The van der Waals surface area contributed by atoms with E-state index >= 15 is 0 Å². The number of nitrogens with zero attached hydrogens (tertiary/aromatic N) is 4. The second-order valence-corrected chi connectivity index (χ2v) is 7.73. The van der Waals surface area contributed by atoms with Crippen LogP contribution in [0.2, 0.25) is 10.0 Å². The van der Waals surface area contributed by atoms with Gasteiger partial charge in [-0.1, -0.05) is 23.2 Å². The van der Waals surface area contributed by atoms with Crippen LogP contribution in [-0.2, 0) is 4.74 Å². The summed E-state index contributed by atoms with van der Waals surface area (Å²) in [5, 5.41) is 1.05. The quantitative estimate of drug-likeness (QED) is 0.762. The number of morpholine rings is 1. The van der Waals surface area contributed by atoms with E-state index < -0.39 is 0 Å². The maximum Gasteiger partial charge on any atom is 0.253 e. The van der Waals surface area contributed by atoms with Crippen LogP contribution in [0.5, 0.6) is 0 Å². The minimum atomic E-state index is 0.0586. The van der Waals surface area contributed by atoms with E-state index in [1.54, 1.807) is 12.3 Å². The largest absolute Gasteiger partial charge is 0.378 e. The highest BCUT2D eigenvalue weighted by atomic mass is 35.5. The Morgan fingerprint density at radius 3 is 2.25 bits per heavy atom. The van der Waals surface area contributed by atoms with Crippen molar-refractivity contribution in [2.45, 2.75) is 0 Å². The summed E-state index contributed by atoms with van der Waals surface area (Å²) in [7, 11) is 0. The van der Waals surface area contributed by atoms with Crippen molar-refractivity contribution in [3.63, 3.8) is 0 Å². The zero-order chi connectivity index (χ0) is 19.5. The van der Waals surface area contributed by atoms with Gasteiger partial charge in [0.2, 0.25) is 0 Å². The van der Waals surface area contributed by atoms with Crippen molar-refractivity contribution >= 4 is 40.6 Å². The third kappa shape index (κ3) is 4.19. The Morgan fingerprint density at radius 2 is 1.61 bits per heavy atom. The van der Waals surface area contributed by atoms with Crippen LogP contribution in [0.1, 0.15) is 10.4 Å². The van der Waals surface area contributed by atoms with Gasteiger partial charge in [0.05, 0.1) is 23.3 Å². The van der Waals surface area contributed by atoms with Crippen molar-refractivity contribution < 1.29 is 9.53 Å². The fourth-order valence-electron chi connectivity index (χ4n) is 3.58. The molecule has 0 N–H and O–H groups in total. The minimum absolute atomic E-state index is 0.0586. The van der Waals surface area contributed by atoms with E-state index in [2.05, 4.69) is 14.8 Å². The Labute approximate surface area is 174 Å². The number of hydrogen-bond acceptors (Lipinski definition) is 5. The summed E-state index contributed by atoms with van der Waals surface area (Å²) in [5.41, 5.74) is 1.85. The SMILES string of the molecule is O=C(c1ccc(N2CCOCC2)cc1)N1CCN(c2ncc(Cl)cc2Cl)CC1. The number of halogens is 2. The van der Waals surface area contributed by atoms with Gasteiger partial charge in [-0.15, -0.1) is 0 Å². The molecule has 148 valence electrons. The predicted molar refractivity (Wildman–Crippen MR) is 112 cm³/mol. The van der Waals surface area contributed by atoms with Gasteiger partial charge in [0, 0.05) is 56.7 Å². The second kappa shape index (κ2) is 8.55. The number of rotatable bonds is 3. The molecule has 3 heterocycles. The molecule has 0 radical (unpaired) electrons. The fraction of sp³-hybridized carbons (Fsp3) is 0.400. The monoisotopic (exact) mass is 420 g/mol. The molecule has 2 aromatic rings. The average molecular weight is 421 g/mol. The highest BCUT2D eigenvalue weighted by Gasteiger charge is 2.24. The summed E-state index contributed by atoms with van der Waals surface area (Å²) >= 11 is 12.2. The summed E-state index contributed by atoms with van der Waals surface area (Å²) in [6.07, 6.45) is 1.59. The van der Waals surface area contributed by atoms with E-state index in [1.165, 1.54) is 0 Å². The molecular weight excluding hydrogens is 399 g/mol. The summed E-state index contributed by atoms with van der Waals surface area (Å²) in [6, 6.07) is 9.56. The fourth-order valence-corrected chi connectivity index (χ4v) is 4.08. The van der Waals surface area contributed by atoms with Crippen LogP contribution in [0.3, 0.4) is 0 Å². The van der Waals surface area contributed by atoms with Gasteiger partial charge in [0.25, 0.3) is 5.91 Å². The van der Waals surface area contributed by atoms with Crippen LogP contribution in [0.4, 0.5) is 11.5 Å². The van der Waals surface area contributed by atoms with Gasteiger partial charge in [-0.3, -0.25) is 4.79 Å². The number of amides is 1. The summed E-state index contributed by atoms with van der Waals surface area (Å²) in [6.45, 7) is 5.90. The number of ether oxygens (including phenoxy) is 1. The first-order chi connectivity index (χ1) is 13.6. The Balaban J connectivity index is 1.37. The molecule has 0 aliphatic carbocycles. The topological polar surface area (TPSA) is 48.9 Å². The highest BCUT2D eigenvalue weighted by molar-refractivity contribution is 6.36. The molecule has 0 spiro atoms. The first-order valence-electron chi connectivity index (χ1n) is 9.40. The zero-order valence-electron chi connectivity index (χ0n) is 15.5. The van der Waals surface area contributed by atoms with Crippen LogP contribution < -0.4 is 9.80 Å². The van der Waals surface area contributed by atoms with Gasteiger partial charge in [-0.05, 0) is 30.3 Å². The lowest BCUT2D eigenvalue weighted by molar-refractivity contribution is 0.0746. The maximum atomic E-state index is 12.9. The number of anilines is 2. The Morgan fingerprint density at radius 1 is 0.929 bits per heavy atom. The number of carbonyl (C=O) groups is 1. The van der Waals surface area contributed by atoms with Gasteiger partial charge in [0.1, 0.15) is 5.82 Å². The first kappa shape index (κ1) is 19.3. The van der Waals surface area contributed by atoms with E-state index in [1.807, 2.05) is 29.2 Å². The predicted octanol–water partition coefficient (Wildman–Crippen LogP) is 3.19.